The van der Waals surface area contributed by atoms with Crippen LogP contribution in [0.3, 0.4) is 0 Å². The van der Waals surface area contributed by atoms with Crippen LogP contribution in [0.1, 0.15) is 36.8 Å². The number of thiol groups is 1. The van der Waals surface area contributed by atoms with Gasteiger partial charge in [0.25, 0.3) is 5.91 Å². The fourth-order valence-electron chi connectivity index (χ4n) is 2.11. The molecule has 1 aromatic carbocycles. The lowest BCUT2D eigenvalue weighted by molar-refractivity contribution is -0.530. The minimum Gasteiger partial charge on any atom is -0.623 e. The second kappa shape index (κ2) is 7.74. The Bertz CT molecular complexity index is 874. The molecule has 0 saturated carbocycles. The average Bonchev–Trinajstić information content (AvgIpc) is 2.57. The molecule has 1 atom stereocenters. The summed E-state index contributed by atoms with van der Waals surface area (Å²) in [6, 6.07) is 5.58. The lowest BCUT2D eigenvalue weighted by Crippen LogP contribution is -2.42. The van der Waals surface area contributed by atoms with Crippen LogP contribution in [0, 0.1) is 5.21 Å². The number of benzene rings is 1. The molecule has 1 heterocycles. The van der Waals surface area contributed by atoms with E-state index >= 15 is 0 Å². The third-order valence-corrected chi connectivity index (χ3v) is 4.07. The second-order valence-corrected chi connectivity index (χ2v) is 7.21. The van der Waals surface area contributed by atoms with Gasteiger partial charge < -0.3 is 15.6 Å². The Morgan fingerprint density at radius 3 is 2.62 bits per heavy atom. The van der Waals surface area contributed by atoms with Gasteiger partial charge in [-0.3, -0.25) is 4.79 Å². The Kier molecular flexibility index (Phi) is 5.86. The summed E-state index contributed by atoms with van der Waals surface area (Å²) in [5.74, 6) is -1.66. The molecule has 1 amide bonds. The van der Waals surface area contributed by atoms with E-state index in [0.29, 0.717) is 11.3 Å². The number of carboxylic acids is 1. The van der Waals surface area contributed by atoms with E-state index in [9.17, 15) is 14.8 Å². The van der Waals surface area contributed by atoms with Crippen LogP contribution in [-0.2, 0) is 4.79 Å². The number of nitrogens with zero attached hydrogens (tertiary/aromatic N) is 2. The van der Waals surface area contributed by atoms with Crippen LogP contribution >= 0.6 is 12.6 Å². The number of nitrogens with one attached hydrogen (secondary N) is 1. The molecule has 0 spiro atoms. The van der Waals surface area contributed by atoms with Gasteiger partial charge in [0.2, 0.25) is 6.21 Å². The Morgan fingerprint density at radius 2 is 2.04 bits per heavy atom. The zero-order valence-electron chi connectivity index (χ0n) is 14.8. The Hall–Kier alpha value is -2.61. The molecular formula is C18H21N3O4S. The smallest absolute Gasteiger partial charge is 0.327 e. The number of carbonyl (C=O) groups excluding carboxylic acids is 1. The first kappa shape index (κ1) is 19.7. The third kappa shape index (κ3) is 4.72. The summed E-state index contributed by atoms with van der Waals surface area (Å²) in [4.78, 5) is 27.5. The van der Waals surface area contributed by atoms with Crippen molar-refractivity contribution >= 4 is 41.5 Å². The van der Waals surface area contributed by atoms with Crippen molar-refractivity contribution in [1.29, 1.82) is 0 Å². The fraction of sp³-hybridized carbons (Fsp3) is 0.333. The maximum Gasteiger partial charge on any atom is 0.327 e. The maximum atomic E-state index is 12.3. The summed E-state index contributed by atoms with van der Waals surface area (Å²) in [5, 5.41) is 25.0. The third-order valence-electron chi connectivity index (χ3n) is 3.70. The highest BCUT2D eigenvalue weighted by Crippen LogP contribution is 2.17. The molecule has 138 valence electrons. The summed E-state index contributed by atoms with van der Waals surface area (Å²) in [5.41, 5.74) is 0.202. The van der Waals surface area contributed by atoms with Crippen molar-refractivity contribution in [3.63, 3.8) is 0 Å². The molecule has 0 radical (unpaired) electrons. The van der Waals surface area contributed by atoms with Crippen LogP contribution in [0.25, 0.3) is 10.8 Å². The van der Waals surface area contributed by atoms with E-state index < -0.39 is 23.5 Å². The predicted molar refractivity (Wildman–Crippen MR) is 103 cm³/mol. The molecule has 1 aromatic heterocycles. The SMILES string of the molecule is CC(C)(C)/[N+]([O-])=C\c1cc2cc(C(=O)NC(CS)C(=O)O)ccc2cn1. The molecule has 0 aliphatic rings. The molecule has 2 N–H and O–H groups in total. The lowest BCUT2D eigenvalue weighted by Gasteiger charge is -2.18. The maximum absolute atomic E-state index is 12.3. The van der Waals surface area contributed by atoms with Gasteiger partial charge in [-0.2, -0.15) is 12.6 Å². The molecule has 0 bridgehead atoms. The summed E-state index contributed by atoms with van der Waals surface area (Å²) in [6.07, 6.45) is 3.01. The van der Waals surface area contributed by atoms with E-state index in [1.807, 2.05) is 0 Å². The number of hydrogen-bond acceptors (Lipinski definition) is 5. The van der Waals surface area contributed by atoms with Gasteiger partial charge in [-0.1, -0.05) is 6.07 Å². The van der Waals surface area contributed by atoms with Crippen LogP contribution in [0.15, 0.2) is 30.5 Å². The minimum atomic E-state index is -1.15. The van der Waals surface area contributed by atoms with Crippen LogP contribution in [0.4, 0.5) is 0 Å². The van der Waals surface area contributed by atoms with Crippen molar-refractivity contribution in [2.75, 3.05) is 5.75 Å². The molecule has 0 aliphatic carbocycles. The van der Waals surface area contributed by atoms with Crippen molar-refractivity contribution < 1.29 is 19.4 Å². The molecule has 7 nitrogen and oxygen atoms in total. The van der Waals surface area contributed by atoms with Crippen molar-refractivity contribution in [2.45, 2.75) is 32.4 Å². The largest absolute Gasteiger partial charge is 0.623 e. The number of hydrogen-bond donors (Lipinski definition) is 3. The average molecular weight is 375 g/mol. The van der Waals surface area contributed by atoms with Gasteiger partial charge in [0.05, 0.1) is 0 Å². The van der Waals surface area contributed by atoms with Crippen LogP contribution in [0.2, 0.25) is 0 Å². The number of aliphatic carboxylic acids is 1. The van der Waals surface area contributed by atoms with Crippen LogP contribution in [0.5, 0.6) is 0 Å². The first-order valence-corrected chi connectivity index (χ1v) is 8.61. The first-order chi connectivity index (χ1) is 12.1. The predicted octanol–water partition coefficient (Wildman–Crippen LogP) is 2.08. The number of rotatable bonds is 5. The summed E-state index contributed by atoms with van der Waals surface area (Å²) in [6.45, 7) is 5.38. The quantitative estimate of drug-likeness (QED) is 0.244. The molecule has 8 heteroatoms. The Morgan fingerprint density at radius 1 is 1.35 bits per heavy atom. The highest BCUT2D eigenvalue weighted by atomic mass is 32.1. The van der Waals surface area contributed by atoms with Gasteiger partial charge in [-0.15, -0.1) is 0 Å². The van der Waals surface area contributed by atoms with E-state index in [2.05, 4.69) is 22.9 Å². The van der Waals surface area contributed by atoms with E-state index in [4.69, 9.17) is 5.11 Å². The summed E-state index contributed by atoms with van der Waals surface area (Å²) >= 11 is 3.93. The van der Waals surface area contributed by atoms with Crippen LogP contribution < -0.4 is 5.32 Å². The van der Waals surface area contributed by atoms with Crippen molar-refractivity contribution in [1.82, 2.24) is 10.3 Å². The number of aromatic nitrogens is 1. The zero-order chi connectivity index (χ0) is 19.5. The van der Waals surface area contributed by atoms with Crippen molar-refractivity contribution in [3.05, 3.63) is 46.9 Å². The Labute approximate surface area is 156 Å². The highest BCUT2D eigenvalue weighted by Gasteiger charge is 2.20. The molecule has 0 fully saturated rings. The monoisotopic (exact) mass is 375 g/mol. The van der Waals surface area contributed by atoms with Crippen LogP contribution in [-0.4, -0.2) is 50.3 Å². The zero-order valence-corrected chi connectivity index (χ0v) is 15.7. The molecule has 26 heavy (non-hydrogen) atoms. The number of amides is 1. The number of pyridine rings is 1. The van der Waals surface area contributed by atoms with Gasteiger partial charge in [0.1, 0.15) is 11.7 Å². The van der Waals surface area contributed by atoms with E-state index in [1.165, 1.54) is 6.21 Å². The second-order valence-electron chi connectivity index (χ2n) is 6.84. The van der Waals surface area contributed by atoms with E-state index in [1.54, 1.807) is 51.2 Å². The highest BCUT2D eigenvalue weighted by molar-refractivity contribution is 7.80. The molecule has 1 unspecified atom stereocenters. The van der Waals surface area contributed by atoms with E-state index in [-0.39, 0.29) is 5.75 Å². The molecule has 0 saturated heterocycles. The minimum absolute atomic E-state index is 0.0101. The lowest BCUT2D eigenvalue weighted by atomic mass is 10.1. The van der Waals surface area contributed by atoms with Crippen molar-refractivity contribution in [2.24, 2.45) is 0 Å². The normalized spacial score (nSPS) is 13.5. The standard InChI is InChI=1S/C18H21N3O4S/c1-18(2,3)21(25)9-14-7-13-6-11(4-5-12(13)8-19-14)16(22)20-15(10-26)17(23)24/h4-9,15,26H,10H2,1-3H3,(H,20,22)(H,23,24)/b21-9+. The Balaban J connectivity index is 2.34. The van der Waals surface area contributed by atoms with Gasteiger partial charge in [0.15, 0.2) is 5.54 Å². The number of carbonyl (C=O) groups is 2. The van der Waals surface area contributed by atoms with E-state index in [0.717, 1.165) is 15.5 Å². The summed E-state index contributed by atoms with van der Waals surface area (Å²) < 4.78 is 0.821. The summed E-state index contributed by atoms with van der Waals surface area (Å²) in [7, 11) is 0. The molecule has 2 rings (SSSR count). The number of fused-ring (bicyclic) bond motifs is 1. The first-order valence-electron chi connectivity index (χ1n) is 7.97. The van der Waals surface area contributed by atoms with Crippen molar-refractivity contribution in [3.8, 4) is 0 Å². The number of carboxylic acid groups (broad SMARTS) is 1. The van der Waals surface area contributed by atoms with Gasteiger partial charge in [-0.05, 0) is 23.6 Å². The number of hydroxylamine groups is 1. The molecular weight excluding hydrogens is 354 g/mol. The fourth-order valence-corrected chi connectivity index (χ4v) is 2.36. The van der Waals surface area contributed by atoms with Gasteiger partial charge >= 0.3 is 5.97 Å². The van der Waals surface area contributed by atoms with Gasteiger partial charge in [-0.25, -0.2) is 14.5 Å². The van der Waals surface area contributed by atoms with Gasteiger partial charge in [0, 0.05) is 43.7 Å². The topological polar surface area (TPSA) is 105 Å². The molecule has 2 aromatic rings. The molecule has 0 aliphatic heterocycles.